The number of piperidine rings is 1. The second-order valence-corrected chi connectivity index (χ2v) is 11.1. The summed E-state index contributed by atoms with van der Waals surface area (Å²) in [7, 11) is 0. The zero-order chi connectivity index (χ0) is 23.4. The highest BCUT2D eigenvalue weighted by Gasteiger charge is 2.53. The van der Waals surface area contributed by atoms with Crippen LogP contribution in [0.2, 0.25) is 0 Å². The summed E-state index contributed by atoms with van der Waals surface area (Å²) in [6, 6.07) is 16.2. The number of fused-ring (bicyclic) bond motifs is 4. The lowest BCUT2D eigenvalue weighted by atomic mass is 9.71. The van der Waals surface area contributed by atoms with E-state index in [1.54, 1.807) is 0 Å². The first kappa shape index (κ1) is 21.7. The van der Waals surface area contributed by atoms with Gasteiger partial charge in [-0.2, -0.15) is 0 Å². The van der Waals surface area contributed by atoms with Crippen LogP contribution < -0.4 is 5.32 Å². The monoisotopic (exact) mass is 457 g/mol. The minimum Gasteiger partial charge on any atom is -0.380 e. The second kappa shape index (κ2) is 8.44. The highest BCUT2D eigenvalue weighted by molar-refractivity contribution is 6.04. The van der Waals surface area contributed by atoms with Gasteiger partial charge in [-0.15, -0.1) is 0 Å². The SMILES string of the molecule is CC(C)C1CCCC(c2cccc3c2C2CC4C(=O)N(Cc5ccccc5)C(=O)N4CC2N3)C1. The summed E-state index contributed by atoms with van der Waals surface area (Å²) in [5.41, 5.74) is 5.14. The van der Waals surface area contributed by atoms with Gasteiger partial charge in [-0.25, -0.2) is 4.79 Å². The van der Waals surface area contributed by atoms with Gasteiger partial charge in [0.1, 0.15) is 6.04 Å². The maximum atomic E-state index is 13.4. The molecule has 2 saturated heterocycles. The van der Waals surface area contributed by atoms with Crippen molar-refractivity contribution < 1.29 is 9.59 Å². The van der Waals surface area contributed by atoms with Crippen molar-refractivity contribution in [2.45, 2.75) is 76.4 Å². The Morgan fingerprint density at radius 2 is 1.82 bits per heavy atom. The topological polar surface area (TPSA) is 52.7 Å². The summed E-state index contributed by atoms with van der Waals surface area (Å²) >= 11 is 0. The Morgan fingerprint density at radius 3 is 2.62 bits per heavy atom. The van der Waals surface area contributed by atoms with E-state index in [4.69, 9.17) is 0 Å². The zero-order valence-electron chi connectivity index (χ0n) is 20.2. The molecule has 3 aliphatic heterocycles. The van der Waals surface area contributed by atoms with Crippen LogP contribution >= 0.6 is 0 Å². The Kier molecular flexibility index (Phi) is 5.39. The van der Waals surface area contributed by atoms with Crippen LogP contribution in [0.3, 0.4) is 0 Å². The molecule has 3 fully saturated rings. The van der Waals surface area contributed by atoms with Crippen LogP contribution in [0.4, 0.5) is 10.5 Å². The molecule has 0 radical (unpaired) electrons. The fraction of sp³-hybridized carbons (Fsp3) is 0.517. The summed E-state index contributed by atoms with van der Waals surface area (Å²) in [6.45, 7) is 5.67. The Hall–Kier alpha value is -2.82. The predicted molar refractivity (Wildman–Crippen MR) is 134 cm³/mol. The largest absolute Gasteiger partial charge is 0.380 e. The fourth-order valence-electron chi connectivity index (χ4n) is 7.04. The molecule has 0 bridgehead atoms. The number of carbonyl (C=O) groups excluding carboxylic acids is 2. The molecule has 178 valence electrons. The van der Waals surface area contributed by atoms with Gasteiger partial charge in [-0.1, -0.05) is 69.2 Å². The lowest BCUT2D eigenvalue weighted by Gasteiger charge is -2.37. The quantitative estimate of drug-likeness (QED) is 0.597. The van der Waals surface area contributed by atoms with E-state index in [1.165, 1.54) is 47.4 Å². The van der Waals surface area contributed by atoms with Gasteiger partial charge in [0.25, 0.3) is 5.91 Å². The number of hydrogen-bond acceptors (Lipinski definition) is 3. The van der Waals surface area contributed by atoms with E-state index in [1.807, 2.05) is 35.2 Å². The molecule has 5 nitrogen and oxygen atoms in total. The van der Waals surface area contributed by atoms with E-state index in [2.05, 4.69) is 37.4 Å². The number of anilines is 1. The van der Waals surface area contributed by atoms with Crippen LogP contribution in [0.15, 0.2) is 48.5 Å². The van der Waals surface area contributed by atoms with Gasteiger partial charge in [0, 0.05) is 18.2 Å². The molecule has 2 aromatic carbocycles. The first-order valence-corrected chi connectivity index (χ1v) is 13.1. The normalized spacial score (nSPS) is 30.3. The number of benzene rings is 2. The van der Waals surface area contributed by atoms with E-state index >= 15 is 0 Å². The Balaban J connectivity index is 1.26. The molecule has 1 N–H and O–H groups in total. The summed E-state index contributed by atoms with van der Waals surface area (Å²) in [4.78, 5) is 29.9. The molecule has 0 aromatic heterocycles. The zero-order valence-corrected chi connectivity index (χ0v) is 20.2. The average molecular weight is 458 g/mol. The van der Waals surface area contributed by atoms with Gasteiger partial charge in [0.05, 0.1) is 12.6 Å². The van der Waals surface area contributed by atoms with Crippen LogP contribution in [-0.2, 0) is 11.3 Å². The molecule has 5 heteroatoms. The molecule has 34 heavy (non-hydrogen) atoms. The van der Waals surface area contributed by atoms with E-state index in [9.17, 15) is 9.59 Å². The van der Waals surface area contributed by atoms with E-state index in [0.717, 1.165) is 23.8 Å². The molecular formula is C29H35N3O2. The maximum Gasteiger partial charge on any atom is 0.327 e. The summed E-state index contributed by atoms with van der Waals surface area (Å²) in [5.74, 6) is 2.38. The van der Waals surface area contributed by atoms with E-state index < -0.39 is 0 Å². The maximum absolute atomic E-state index is 13.4. The molecule has 3 heterocycles. The predicted octanol–water partition coefficient (Wildman–Crippen LogP) is 5.73. The smallest absolute Gasteiger partial charge is 0.327 e. The number of rotatable bonds is 4. The minimum atomic E-state index is -0.340. The number of nitrogens with one attached hydrogen (secondary N) is 1. The standard InChI is InChI=1S/C29H35N3O2/c1-18(2)20-10-6-11-21(14-20)22-12-7-13-24-27(22)23-15-26-28(33)32(16-19-8-4-3-5-9-19)29(34)31(26)17-25(23)30-24/h3-5,7-9,12-13,18,20-21,23,25-26,30H,6,10-11,14-17H2,1-2H3. The van der Waals surface area contributed by atoms with Crippen molar-refractivity contribution in [3.05, 3.63) is 65.2 Å². The van der Waals surface area contributed by atoms with Crippen molar-refractivity contribution in [2.75, 3.05) is 11.9 Å². The molecule has 1 aliphatic carbocycles. The van der Waals surface area contributed by atoms with E-state index in [-0.39, 0.29) is 24.0 Å². The van der Waals surface area contributed by atoms with Crippen LogP contribution in [0, 0.1) is 11.8 Å². The number of urea groups is 1. The molecule has 0 spiro atoms. The van der Waals surface area contributed by atoms with Crippen LogP contribution in [0.1, 0.15) is 74.5 Å². The van der Waals surface area contributed by atoms with Crippen LogP contribution in [-0.4, -0.2) is 40.4 Å². The summed E-state index contributed by atoms with van der Waals surface area (Å²) in [6.07, 6.45) is 5.89. The lowest BCUT2D eigenvalue weighted by molar-refractivity contribution is -0.129. The van der Waals surface area contributed by atoms with Crippen LogP contribution in [0.5, 0.6) is 0 Å². The van der Waals surface area contributed by atoms with Crippen molar-refractivity contribution >= 4 is 17.6 Å². The van der Waals surface area contributed by atoms with Crippen molar-refractivity contribution in [1.82, 2.24) is 9.80 Å². The Morgan fingerprint density at radius 1 is 1.00 bits per heavy atom. The van der Waals surface area contributed by atoms with Crippen LogP contribution in [0.25, 0.3) is 0 Å². The van der Waals surface area contributed by atoms with Crippen molar-refractivity contribution in [2.24, 2.45) is 11.8 Å². The summed E-state index contributed by atoms with van der Waals surface area (Å²) in [5, 5.41) is 3.74. The van der Waals surface area contributed by atoms with Gasteiger partial charge in [0.15, 0.2) is 0 Å². The molecule has 4 aliphatic rings. The fourth-order valence-corrected chi connectivity index (χ4v) is 7.04. The first-order valence-electron chi connectivity index (χ1n) is 13.1. The number of carbonyl (C=O) groups is 2. The molecular weight excluding hydrogens is 422 g/mol. The number of amides is 3. The second-order valence-electron chi connectivity index (χ2n) is 11.1. The molecule has 2 aromatic rings. The number of nitrogens with zero attached hydrogens (tertiary/aromatic N) is 2. The van der Waals surface area contributed by atoms with Gasteiger partial charge in [0.2, 0.25) is 0 Å². The molecule has 3 amide bonds. The molecule has 5 unspecified atom stereocenters. The van der Waals surface area contributed by atoms with Crippen molar-refractivity contribution in [1.29, 1.82) is 0 Å². The third kappa shape index (κ3) is 3.52. The molecule has 5 atom stereocenters. The van der Waals surface area contributed by atoms with Gasteiger partial charge in [-0.05, 0) is 59.8 Å². The third-order valence-corrected chi connectivity index (χ3v) is 8.89. The number of imide groups is 1. The van der Waals surface area contributed by atoms with E-state index in [0.29, 0.717) is 24.9 Å². The Bertz CT molecular complexity index is 1100. The lowest BCUT2D eigenvalue weighted by Crippen LogP contribution is -2.49. The number of hydrogen-bond donors (Lipinski definition) is 1. The highest BCUT2D eigenvalue weighted by atomic mass is 16.2. The van der Waals surface area contributed by atoms with Crippen molar-refractivity contribution in [3.63, 3.8) is 0 Å². The first-order chi connectivity index (χ1) is 16.5. The molecule has 1 saturated carbocycles. The van der Waals surface area contributed by atoms with Gasteiger partial charge >= 0.3 is 6.03 Å². The average Bonchev–Trinajstić information content (AvgIpc) is 3.34. The van der Waals surface area contributed by atoms with Gasteiger partial charge < -0.3 is 10.2 Å². The Labute approximate surface area is 202 Å². The molecule has 6 rings (SSSR count). The minimum absolute atomic E-state index is 0.0317. The van der Waals surface area contributed by atoms with Gasteiger partial charge in [-0.3, -0.25) is 9.69 Å². The third-order valence-electron chi connectivity index (χ3n) is 8.89. The summed E-state index contributed by atoms with van der Waals surface area (Å²) < 4.78 is 0. The highest BCUT2D eigenvalue weighted by Crippen LogP contribution is 2.50. The van der Waals surface area contributed by atoms with Crippen molar-refractivity contribution in [3.8, 4) is 0 Å².